The molecule has 1 atom stereocenters. The Morgan fingerprint density at radius 2 is 1.95 bits per heavy atom. The van der Waals surface area contributed by atoms with Crippen LogP contribution in [0.2, 0.25) is 0 Å². The molecule has 1 aromatic heterocycles. The highest BCUT2D eigenvalue weighted by Crippen LogP contribution is 2.27. The third kappa shape index (κ3) is 3.66. The van der Waals surface area contributed by atoms with Gasteiger partial charge in [0, 0.05) is 6.07 Å². The van der Waals surface area contributed by atoms with Gasteiger partial charge in [0.1, 0.15) is 5.69 Å². The number of carbonyl (C=O) groups is 1. The summed E-state index contributed by atoms with van der Waals surface area (Å²) < 4.78 is 37.5. The lowest BCUT2D eigenvalue weighted by Gasteiger charge is -2.17. The fourth-order valence-corrected chi connectivity index (χ4v) is 2.04. The standard InChI is InChI=1S/C15H16F3N3O/c1-3-11(10-6-4-9(2)5-7-10)19-14(22)12-8-13(21-20-12)15(16,17)18/h4-8,11H,3H2,1-2H3,(H,19,22)(H,20,21)/t11-/m1/s1. The second-order valence-electron chi connectivity index (χ2n) is 5.01. The number of alkyl halides is 3. The van der Waals surface area contributed by atoms with Gasteiger partial charge >= 0.3 is 6.18 Å². The molecule has 0 aliphatic heterocycles. The molecular formula is C15H16F3N3O. The molecule has 118 valence electrons. The number of aromatic amines is 1. The smallest absolute Gasteiger partial charge is 0.344 e. The maximum absolute atomic E-state index is 12.5. The molecule has 0 saturated carbocycles. The van der Waals surface area contributed by atoms with E-state index in [1.807, 2.05) is 43.2 Å². The monoisotopic (exact) mass is 311 g/mol. The number of rotatable bonds is 4. The Morgan fingerprint density at radius 1 is 1.32 bits per heavy atom. The fourth-order valence-electron chi connectivity index (χ4n) is 2.04. The molecule has 0 radical (unpaired) electrons. The Labute approximate surface area is 125 Å². The van der Waals surface area contributed by atoms with Crippen molar-refractivity contribution in [2.75, 3.05) is 0 Å². The number of halogens is 3. The summed E-state index contributed by atoms with van der Waals surface area (Å²) in [4.78, 5) is 12.0. The second kappa shape index (κ2) is 6.21. The van der Waals surface area contributed by atoms with Crippen molar-refractivity contribution in [3.63, 3.8) is 0 Å². The molecule has 2 aromatic rings. The van der Waals surface area contributed by atoms with Gasteiger partial charge < -0.3 is 5.32 Å². The normalized spacial score (nSPS) is 13.0. The first-order valence-corrected chi connectivity index (χ1v) is 6.81. The van der Waals surface area contributed by atoms with Gasteiger partial charge in [-0.05, 0) is 18.9 Å². The van der Waals surface area contributed by atoms with E-state index in [9.17, 15) is 18.0 Å². The summed E-state index contributed by atoms with van der Waals surface area (Å²) in [5, 5.41) is 7.94. The number of hydrogen-bond acceptors (Lipinski definition) is 2. The molecule has 0 spiro atoms. The van der Waals surface area contributed by atoms with Gasteiger partial charge in [-0.15, -0.1) is 0 Å². The van der Waals surface area contributed by atoms with Crippen LogP contribution in [-0.2, 0) is 6.18 Å². The number of hydrogen-bond donors (Lipinski definition) is 2. The van der Waals surface area contributed by atoms with E-state index in [0.29, 0.717) is 12.5 Å². The first kappa shape index (κ1) is 16.1. The highest BCUT2D eigenvalue weighted by Gasteiger charge is 2.34. The van der Waals surface area contributed by atoms with E-state index < -0.39 is 17.8 Å². The van der Waals surface area contributed by atoms with Crippen LogP contribution in [0.25, 0.3) is 0 Å². The number of nitrogens with one attached hydrogen (secondary N) is 2. The molecule has 0 fully saturated rings. The fraction of sp³-hybridized carbons (Fsp3) is 0.333. The van der Waals surface area contributed by atoms with Gasteiger partial charge in [0.05, 0.1) is 6.04 Å². The van der Waals surface area contributed by atoms with Crippen LogP contribution in [0.15, 0.2) is 30.3 Å². The van der Waals surface area contributed by atoms with E-state index in [0.717, 1.165) is 11.1 Å². The molecular weight excluding hydrogens is 295 g/mol. The molecule has 1 aromatic carbocycles. The largest absolute Gasteiger partial charge is 0.432 e. The first-order valence-electron chi connectivity index (χ1n) is 6.81. The number of carbonyl (C=O) groups excluding carboxylic acids is 1. The van der Waals surface area contributed by atoms with E-state index in [-0.39, 0.29) is 11.7 Å². The molecule has 22 heavy (non-hydrogen) atoms. The predicted molar refractivity (Wildman–Crippen MR) is 75.3 cm³/mol. The third-order valence-electron chi connectivity index (χ3n) is 3.31. The van der Waals surface area contributed by atoms with Crippen molar-refractivity contribution in [2.45, 2.75) is 32.5 Å². The molecule has 1 amide bonds. The van der Waals surface area contributed by atoms with Crippen molar-refractivity contribution in [3.8, 4) is 0 Å². The van der Waals surface area contributed by atoms with E-state index >= 15 is 0 Å². The van der Waals surface area contributed by atoms with Crippen LogP contribution >= 0.6 is 0 Å². The van der Waals surface area contributed by atoms with Gasteiger partial charge in [0.2, 0.25) is 0 Å². The van der Waals surface area contributed by atoms with Crippen LogP contribution in [-0.4, -0.2) is 16.1 Å². The summed E-state index contributed by atoms with van der Waals surface area (Å²) in [6, 6.07) is 8.03. The number of benzene rings is 1. The lowest BCUT2D eigenvalue weighted by atomic mass is 10.0. The minimum Gasteiger partial charge on any atom is -0.344 e. The Balaban J connectivity index is 2.12. The lowest BCUT2D eigenvalue weighted by molar-refractivity contribution is -0.141. The second-order valence-corrected chi connectivity index (χ2v) is 5.01. The molecule has 7 heteroatoms. The maximum Gasteiger partial charge on any atom is 0.432 e. The highest BCUT2D eigenvalue weighted by atomic mass is 19.4. The summed E-state index contributed by atoms with van der Waals surface area (Å²) in [7, 11) is 0. The Hall–Kier alpha value is -2.31. The van der Waals surface area contributed by atoms with Crippen molar-refractivity contribution in [1.82, 2.24) is 15.5 Å². The molecule has 1 heterocycles. The molecule has 2 rings (SSSR count). The average Bonchev–Trinajstić information content (AvgIpc) is 2.95. The van der Waals surface area contributed by atoms with Gasteiger partial charge in [0.15, 0.2) is 5.69 Å². The van der Waals surface area contributed by atoms with E-state index in [1.54, 1.807) is 0 Å². The van der Waals surface area contributed by atoms with Gasteiger partial charge in [-0.25, -0.2) is 0 Å². The van der Waals surface area contributed by atoms with E-state index in [2.05, 4.69) is 10.4 Å². The van der Waals surface area contributed by atoms with Crippen LogP contribution in [0.3, 0.4) is 0 Å². The Morgan fingerprint density at radius 3 is 2.45 bits per heavy atom. The Bertz CT molecular complexity index is 647. The SMILES string of the molecule is CC[C@@H](NC(=O)c1cc(C(F)(F)F)[nH]n1)c1ccc(C)cc1. The summed E-state index contributed by atoms with van der Waals surface area (Å²) in [6.45, 7) is 3.84. The van der Waals surface area contributed by atoms with Crippen molar-refractivity contribution in [2.24, 2.45) is 0 Å². The average molecular weight is 311 g/mol. The maximum atomic E-state index is 12.5. The summed E-state index contributed by atoms with van der Waals surface area (Å²) in [6.07, 6.45) is -3.93. The molecule has 0 bridgehead atoms. The van der Waals surface area contributed by atoms with Crippen LogP contribution in [0, 0.1) is 6.92 Å². The number of H-pyrrole nitrogens is 1. The van der Waals surface area contributed by atoms with Crippen LogP contribution in [0.5, 0.6) is 0 Å². The topological polar surface area (TPSA) is 57.8 Å². The summed E-state index contributed by atoms with van der Waals surface area (Å²) >= 11 is 0. The van der Waals surface area contributed by atoms with Gasteiger partial charge in [0.25, 0.3) is 5.91 Å². The summed E-state index contributed by atoms with van der Waals surface area (Å²) in [5.41, 5.74) is 0.666. The van der Waals surface area contributed by atoms with Gasteiger partial charge in [-0.2, -0.15) is 18.3 Å². The first-order chi connectivity index (χ1) is 10.3. The van der Waals surface area contributed by atoms with Crippen molar-refractivity contribution < 1.29 is 18.0 Å². The zero-order valence-corrected chi connectivity index (χ0v) is 12.2. The zero-order chi connectivity index (χ0) is 16.3. The molecule has 0 aliphatic rings. The number of nitrogens with zero attached hydrogens (tertiary/aromatic N) is 1. The lowest BCUT2D eigenvalue weighted by Crippen LogP contribution is -2.28. The van der Waals surface area contributed by atoms with E-state index in [4.69, 9.17) is 0 Å². The molecule has 0 saturated heterocycles. The minimum atomic E-state index is -4.55. The van der Waals surface area contributed by atoms with Gasteiger partial charge in [-0.1, -0.05) is 36.8 Å². The van der Waals surface area contributed by atoms with Gasteiger partial charge in [-0.3, -0.25) is 9.89 Å². The molecule has 0 unspecified atom stereocenters. The molecule has 0 aliphatic carbocycles. The van der Waals surface area contributed by atoms with Crippen LogP contribution < -0.4 is 5.32 Å². The zero-order valence-electron chi connectivity index (χ0n) is 12.2. The molecule has 2 N–H and O–H groups in total. The summed E-state index contributed by atoms with van der Waals surface area (Å²) in [5.74, 6) is -0.640. The molecule has 4 nitrogen and oxygen atoms in total. The Kier molecular flexibility index (Phi) is 4.54. The quantitative estimate of drug-likeness (QED) is 0.906. The van der Waals surface area contributed by atoms with Crippen molar-refractivity contribution in [1.29, 1.82) is 0 Å². The third-order valence-corrected chi connectivity index (χ3v) is 3.31. The number of amides is 1. The van der Waals surface area contributed by atoms with Crippen molar-refractivity contribution >= 4 is 5.91 Å². The van der Waals surface area contributed by atoms with E-state index in [1.165, 1.54) is 0 Å². The highest BCUT2D eigenvalue weighted by molar-refractivity contribution is 5.92. The van der Waals surface area contributed by atoms with Crippen molar-refractivity contribution in [3.05, 3.63) is 52.8 Å². The predicted octanol–water partition coefficient (Wildman–Crippen LogP) is 3.62. The number of aryl methyl sites for hydroxylation is 1. The van der Waals surface area contributed by atoms with Crippen LogP contribution in [0.1, 0.15) is 46.7 Å². The number of aromatic nitrogens is 2. The minimum absolute atomic E-state index is 0.279. The van der Waals surface area contributed by atoms with Crippen LogP contribution in [0.4, 0.5) is 13.2 Å².